The first kappa shape index (κ1) is 11.9. The molecule has 1 nitrogen and oxygen atoms in total. The van der Waals surface area contributed by atoms with Gasteiger partial charge in [-0.1, -0.05) is 35.4 Å². The number of rotatable bonds is 2. The molecule has 2 aromatic rings. The van der Waals surface area contributed by atoms with Crippen LogP contribution in [0.4, 0.5) is 0 Å². The molecule has 0 bridgehead atoms. The Bertz CT molecular complexity index is 512. The van der Waals surface area contributed by atoms with E-state index in [0.29, 0.717) is 0 Å². The smallest absolute Gasteiger partial charge is 0.224 e. The Morgan fingerprint density at radius 3 is 2.12 bits per heavy atom. The summed E-state index contributed by atoms with van der Waals surface area (Å²) in [6.45, 7) is 4.02. The lowest BCUT2D eigenvalue weighted by Crippen LogP contribution is -1.94. The lowest BCUT2D eigenvalue weighted by Gasteiger charge is -2.04. The molecular weight excluding hydrogens is 228 g/mol. The lowest BCUT2D eigenvalue weighted by atomic mass is 10.1. The molecule has 0 saturated carbocycles. The van der Waals surface area contributed by atoms with Crippen molar-refractivity contribution in [3.05, 3.63) is 65.2 Å². The average molecular weight is 242 g/mol. The van der Waals surface area contributed by atoms with Crippen LogP contribution in [0.15, 0.2) is 53.4 Å². The van der Waals surface area contributed by atoms with E-state index in [0.717, 1.165) is 21.6 Å². The molecule has 0 fully saturated rings. The van der Waals surface area contributed by atoms with Gasteiger partial charge < -0.3 is 0 Å². The van der Waals surface area contributed by atoms with Gasteiger partial charge in [-0.15, -0.1) is 0 Å². The normalized spacial score (nSPS) is 10.2. The number of carbonyl (C=O) groups is 1. The number of benzene rings is 2. The van der Waals surface area contributed by atoms with Crippen LogP contribution in [0.1, 0.15) is 21.5 Å². The minimum absolute atomic E-state index is 0.100. The Morgan fingerprint density at radius 2 is 1.53 bits per heavy atom. The second-order valence-corrected chi connectivity index (χ2v) is 5.13. The third-order valence-corrected chi connectivity index (χ3v) is 3.34. The van der Waals surface area contributed by atoms with Gasteiger partial charge in [-0.05, 0) is 49.9 Å². The highest BCUT2D eigenvalue weighted by Crippen LogP contribution is 2.23. The largest absolute Gasteiger partial charge is 0.281 e. The molecular formula is C15H14OS. The van der Waals surface area contributed by atoms with Crippen molar-refractivity contribution in [3.8, 4) is 0 Å². The Kier molecular flexibility index (Phi) is 3.64. The van der Waals surface area contributed by atoms with Crippen molar-refractivity contribution in [2.24, 2.45) is 0 Å². The molecule has 86 valence electrons. The van der Waals surface area contributed by atoms with Crippen molar-refractivity contribution < 1.29 is 4.79 Å². The average Bonchev–Trinajstić information content (AvgIpc) is 2.29. The minimum atomic E-state index is 0.100. The molecule has 2 aromatic carbocycles. The van der Waals surface area contributed by atoms with E-state index in [4.69, 9.17) is 0 Å². The lowest BCUT2D eigenvalue weighted by molar-refractivity contribution is 0.108. The number of hydrogen-bond donors (Lipinski definition) is 0. The Morgan fingerprint density at radius 1 is 0.941 bits per heavy atom. The van der Waals surface area contributed by atoms with E-state index in [1.165, 1.54) is 11.8 Å². The summed E-state index contributed by atoms with van der Waals surface area (Å²) >= 11 is 1.28. The van der Waals surface area contributed by atoms with Crippen molar-refractivity contribution >= 4 is 16.9 Å². The molecule has 0 aliphatic rings. The third-order valence-electron chi connectivity index (χ3n) is 2.41. The van der Waals surface area contributed by atoms with Crippen LogP contribution in [0.2, 0.25) is 0 Å². The molecule has 0 saturated heterocycles. The molecule has 0 atom stereocenters. The van der Waals surface area contributed by atoms with E-state index in [1.54, 1.807) is 0 Å². The molecule has 17 heavy (non-hydrogen) atoms. The van der Waals surface area contributed by atoms with Gasteiger partial charge in [-0.3, -0.25) is 4.79 Å². The first-order valence-corrected chi connectivity index (χ1v) is 6.32. The van der Waals surface area contributed by atoms with Gasteiger partial charge in [0.2, 0.25) is 5.12 Å². The Balaban J connectivity index is 2.20. The van der Waals surface area contributed by atoms with Crippen LogP contribution in [0.3, 0.4) is 0 Å². The maximum Gasteiger partial charge on any atom is 0.224 e. The van der Waals surface area contributed by atoms with E-state index in [-0.39, 0.29) is 5.12 Å². The first-order chi connectivity index (χ1) is 8.15. The minimum Gasteiger partial charge on any atom is -0.281 e. The van der Waals surface area contributed by atoms with E-state index in [2.05, 4.69) is 6.07 Å². The summed E-state index contributed by atoms with van der Waals surface area (Å²) in [4.78, 5) is 13.1. The van der Waals surface area contributed by atoms with Crippen LogP contribution in [0, 0.1) is 13.8 Å². The highest BCUT2D eigenvalue weighted by atomic mass is 32.2. The molecule has 0 amide bonds. The fourth-order valence-electron chi connectivity index (χ4n) is 1.75. The maximum atomic E-state index is 12.1. The van der Waals surface area contributed by atoms with Crippen molar-refractivity contribution in [1.29, 1.82) is 0 Å². The van der Waals surface area contributed by atoms with Crippen LogP contribution in [0.25, 0.3) is 0 Å². The van der Waals surface area contributed by atoms with E-state index < -0.39 is 0 Å². The molecule has 0 spiro atoms. The SMILES string of the molecule is Cc1cc(C)cc(C(=O)Sc2ccccc2)c1. The second kappa shape index (κ2) is 5.19. The zero-order valence-electron chi connectivity index (χ0n) is 9.94. The summed E-state index contributed by atoms with van der Waals surface area (Å²) < 4.78 is 0. The summed E-state index contributed by atoms with van der Waals surface area (Å²) in [7, 11) is 0. The molecule has 0 aliphatic carbocycles. The number of hydrogen-bond acceptors (Lipinski definition) is 2. The second-order valence-electron chi connectivity index (χ2n) is 4.08. The summed E-state index contributed by atoms with van der Waals surface area (Å²) in [5.74, 6) is 0. The van der Waals surface area contributed by atoms with Gasteiger partial charge in [0.05, 0.1) is 0 Å². The fourth-order valence-corrected chi connectivity index (χ4v) is 2.49. The van der Waals surface area contributed by atoms with Crippen molar-refractivity contribution in [3.63, 3.8) is 0 Å². The monoisotopic (exact) mass is 242 g/mol. The summed E-state index contributed by atoms with van der Waals surface area (Å²) in [5.41, 5.74) is 3.03. The molecule has 0 radical (unpaired) electrons. The molecule has 2 heteroatoms. The van der Waals surface area contributed by atoms with Gasteiger partial charge in [-0.25, -0.2) is 0 Å². The van der Waals surface area contributed by atoms with Crippen LogP contribution in [0.5, 0.6) is 0 Å². The topological polar surface area (TPSA) is 17.1 Å². The summed E-state index contributed by atoms with van der Waals surface area (Å²) in [6.07, 6.45) is 0. The standard InChI is InChI=1S/C15H14OS/c1-11-8-12(2)10-13(9-11)15(16)17-14-6-4-3-5-7-14/h3-10H,1-2H3. The maximum absolute atomic E-state index is 12.1. The van der Waals surface area contributed by atoms with E-state index in [1.807, 2.05) is 56.3 Å². The van der Waals surface area contributed by atoms with Crippen molar-refractivity contribution in [2.45, 2.75) is 18.7 Å². The summed E-state index contributed by atoms with van der Waals surface area (Å²) in [6, 6.07) is 15.7. The highest BCUT2D eigenvalue weighted by molar-refractivity contribution is 8.14. The van der Waals surface area contributed by atoms with Gasteiger partial charge in [0.15, 0.2) is 0 Å². The first-order valence-electron chi connectivity index (χ1n) is 5.51. The summed E-state index contributed by atoms with van der Waals surface area (Å²) in [5, 5.41) is 0.100. The van der Waals surface area contributed by atoms with Crippen LogP contribution >= 0.6 is 11.8 Å². The van der Waals surface area contributed by atoms with Gasteiger partial charge in [0, 0.05) is 10.5 Å². The number of aryl methyl sites for hydroxylation is 2. The highest BCUT2D eigenvalue weighted by Gasteiger charge is 2.08. The number of thioether (sulfide) groups is 1. The van der Waals surface area contributed by atoms with Crippen molar-refractivity contribution in [2.75, 3.05) is 0 Å². The van der Waals surface area contributed by atoms with Gasteiger partial charge in [0.25, 0.3) is 0 Å². The van der Waals surface area contributed by atoms with Gasteiger partial charge in [0.1, 0.15) is 0 Å². The molecule has 0 aromatic heterocycles. The molecule has 0 aliphatic heterocycles. The molecule has 0 unspecified atom stereocenters. The molecule has 2 rings (SSSR count). The van der Waals surface area contributed by atoms with Gasteiger partial charge in [-0.2, -0.15) is 0 Å². The predicted octanol–water partition coefficient (Wildman–Crippen LogP) is 4.24. The van der Waals surface area contributed by atoms with Crippen LogP contribution in [-0.4, -0.2) is 5.12 Å². The van der Waals surface area contributed by atoms with E-state index >= 15 is 0 Å². The van der Waals surface area contributed by atoms with Crippen LogP contribution in [-0.2, 0) is 0 Å². The quantitative estimate of drug-likeness (QED) is 0.733. The van der Waals surface area contributed by atoms with Crippen molar-refractivity contribution in [1.82, 2.24) is 0 Å². The third kappa shape index (κ3) is 3.21. The predicted molar refractivity (Wildman–Crippen MR) is 72.5 cm³/mol. The molecule has 0 heterocycles. The Labute approximate surface area is 106 Å². The fraction of sp³-hybridized carbons (Fsp3) is 0.133. The van der Waals surface area contributed by atoms with Gasteiger partial charge >= 0.3 is 0 Å². The number of carbonyl (C=O) groups excluding carboxylic acids is 1. The van der Waals surface area contributed by atoms with Crippen LogP contribution < -0.4 is 0 Å². The Hall–Kier alpha value is -1.54. The molecule has 0 N–H and O–H groups in total. The zero-order valence-corrected chi connectivity index (χ0v) is 10.8. The van der Waals surface area contributed by atoms with E-state index in [9.17, 15) is 4.79 Å². The zero-order chi connectivity index (χ0) is 12.3.